The number of hydrogen-bond acceptors (Lipinski definition) is 5. The number of amides is 1. The molecule has 1 N–H and O–H groups in total. The molecule has 3 rings (SSSR count). The fraction of sp³-hybridized carbons (Fsp3) is 0.742. The molecule has 1 aromatic carbocycles. The summed E-state index contributed by atoms with van der Waals surface area (Å²) >= 11 is 0. The van der Waals surface area contributed by atoms with Gasteiger partial charge in [0, 0.05) is 38.0 Å². The maximum atomic E-state index is 13.7. The van der Waals surface area contributed by atoms with Crippen LogP contribution in [0.4, 0.5) is 0 Å². The second-order valence-electron chi connectivity index (χ2n) is 11.8. The summed E-state index contributed by atoms with van der Waals surface area (Å²) in [5, 5.41) is 10.5. The molecule has 214 valence electrons. The number of rotatable bonds is 16. The van der Waals surface area contributed by atoms with Crippen molar-refractivity contribution in [2.24, 2.45) is 11.8 Å². The number of unbranched alkanes of at least 4 members (excludes halogenated alkanes) is 2. The number of benzene rings is 1. The van der Waals surface area contributed by atoms with Gasteiger partial charge in [-0.1, -0.05) is 52.2 Å². The minimum Gasteiger partial charge on any atom is -0.493 e. The molecule has 2 aliphatic heterocycles. The maximum Gasteiger partial charge on any atom is 0.308 e. The van der Waals surface area contributed by atoms with Crippen LogP contribution in [0.1, 0.15) is 82.8 Å². The molecular formula is C31H51N3O4. The molecule has 4 atom stereocenters. The molecule has 1 aromatic rings. The molecule has 0 bridgehead atoms. The van der Waals surface area contributed by atoms with E-state index in [0.29, 0.717) is 25.6 Å². The van der Waals surface area contributed by atoms with E-state index in [2.05, 4.69) is 50.7 Å². The van der Waals surface area contributed by atoms with Gasteiger partial charge in [0.15, 0.2) is 0 Å². The lowest BCUT2D eigenvalue weighted by atomic mass is 9.81. The Morgan fingerprint density at radius 3 is 2.53 bits per heavy atom. The summed E-state index contributed by atoms with van der Waals surface area (Å²) in [5.41, 5.74) is 2.23. The highest BCUT2D eigenvalue weighted by Gasteiger charge is 2.47. The third kappa shape index (κ3) is 8.19. The maximum absolute atomic E-state index is 13.7. The molecule has 0 aromatic heterocycles. The van der Waals surface area contributed by atoms with E-state index in [0.717, 1.165) is 82.3 Å². The first-order valence-electron chi connectivity index (χ1n) is 14.9. The number of carboxylic acids is 1. The summed E-state index contributed by atoms with van der Waals surface area (Å²) in [7, 11) is 4.16. The molecule has 0 saturated carbocycles. The lowest BCUT2D eigenvalue weighted by molar-refractivity contribution is -0.144. The van der Waals surface area contributed by atoms with Gasteiger partial charge in [-0.3, -0.25) is 14.5 Å². The molecule has 2 aliphatic rings. The highest BCUT2D eigenvalue weighted by atomic mass is 16.5. The van der Waals surface area contributed by atoms with Gasteiger partial charge in [0.1, 0.15) is 5.75 Å². The van der Waals surface area contributed by atoms with Crippen LogP contribution in [0.2, 0.25) is 0 Å². The molecule has 0 radical (unpaired) electrons. The average molecular weight is 530 g/mol. The second kappa shape index (κ2) is 14.9. The predicted octanol–water partition coefficient (Wildman–Crippen LogP) is 4.89. The quantitative estimate of drug-likeness (QED) is 0.308. The van der Waals surface area contributed by atoms with Gasteiger partial charge in [0.2, 0.25) is 5.91 Å². The van der Waals surface area contributed by atoms with Crippen LogP contribution in [0.25, 0.3) is 0 Å². The van der Waals surface area contributed by atoms with Crippen molar-refractivity contribution >= 4 is 11.9 Å². The second-order valence-corrected chi connectivity index (χ2v) is 11.8. The van der Waals surface area contributed by atoms with Gasteiger partial charge >= 0.3 is 5.97 Å². The molecule has 0 spiro atoms. The van der Waals surface area contributed by atoms with Crippen molar-refractivity contribution < 1.29 is 19.4 Å². The number of likely N-dealkylation sites (tertiary alicyclic amines) is 1. The van der Waals surface area contributed by atoms with Crippen LogP contribution in [0, 0.1) is 11.8 Å². The largest absolute Gasteiger partial charge is 0.493 e. The van der Waals surface area contributed by atoms with Crippen LogP contribution in [-0.4, -0.2) is 91.2 Å². The van der Waals surface area contributed by atoms with Gasteiger partial charge in [-0.25, -0.2) is 0 Å². The Morgan fingerprint density at radius 1 is 1.11 bits per heavy atom. The van der Waals surface area contributed by atoms with E-state index >= 15 is 0 Å². The molecule has 7 nitrogen and oxygen atoms in total. The van der Waals surface area contributed by atoms with Crippen molar-refractivity contribution in [3.05, 3.63) is 29.3 Å². The Bertz CT molecular complexity index is 905. The van der Waals surface area contributed by atoms with Gasteiger partial charge in [0.05, 0.1) is 19.1 Å². The predicted molar refractivity (Wildman–Crippen MR) is 153 cm³/mol. The topological polar surface area (TPSA) is 73.3 Å². The average Bonchev–Trinajstić information content (AvgIpc) is 3.47. The molecule has 1 amide bonds. The molecule has 4 unspecified atom stereocenters. The molecule has 1 saturated heterocycles. The normalized spacial score (nSPS) is 21.9. The van der Waals surface area contributed by atoms with E-state index in [1.165, 1.54) is 5.56 Å². The summed E-state index contributed by atoms with van der Waals surface area (Å²) in [6.45, 7) is 10.7. The number of ether oxygens (including phenoxy) is 1. The fourth-order valence-electron chi connectivity index (χ4n) is 6.30. The molecule has 7 heteroatoms. The molecule has 0 aliphatic carbocycles. The van der Waals surface area contributed by atoms with Crippen LogP contribution in [-0.2, 0) is 16.0 Å². The van der Waals surface area contributed by atoms with Crippen LogP contribution >= 0.6 is 0 Å². The number of carboxylic acid groups (broad SMARTS) is 1. The first-order valence-corrected chi connectivity index (χ1v) is 14.9. The van der Waals surface area contributed by atoms with Crippen LogP contribution in [0.3, 0.4) is 0 Å². The Hall–Kier alpha value is -2.12. The first kappa shape index (κ1) is 30.4. The zero-order valence-corrected chi connectivity index (χ0v) is 24.5. The zero-order valence-electron chi connectivity index (χ0n) is 24.5. The van der Waals surface area contributed by atoms with E-state index in [9.17, 15) is 14.7 Å². The number of carbonyl (C=O) groups excluding carboxylic acids is 1. The summed E-state index contributed by atoms with van der Waals surface area (Å²) in [4.78, 5) is 32.8. The monoisotopic (exact) mass is 529 g/mol. The summed E-state index contributed by atoms with van der Waals surface area (Å²) in [6.07, 6.45) is 7.92. The van der Waals surface area contributed by atoms with Crippen molar-refractivity contribution in [3.8, 4) is 5.75 Å². The van der Waals surface area contributed by atoms with E-state index < -0.39 is 11.9 Å². The van der Waals surface area contributed by atoms with Crippen LogP contribution < -0.4 is 4.74 Å². The Labute approximate surface area is 230 Å². The number of nitrogens with zero attached hydrogens (tertiary/aromatic N) is 3. The standard InChI is InChI=1S/C31H51N3O4/c1-6-8-16-33(17-10-9-15-32(4)5)29(35)22-34-21-26(24-12-13-28-25(20-24)14-18-38-28)30(31(36)37)27(34)19-23(3)11-7-2/h12-13,20,23,26-27,30H,6-11,14-19,21-22H2,1-5H3,(H,36,37). The van der Waals surface area contributed by atoms with Crippen molar-refractivity contribution in [2.45, 2.75) is 84.1 Å². The summed E-state index contributed by atoms with van der Waals surface area (Å²) < 4.78 is 5.70. The van der Waals surface area contributed by atoms with Crippen molar-refractivity contribution in [2.75, 3.05) is 53.4 Å². The Kier molecular flexibility index (Phi) is 11.9. The third-order valence-corrected chi connectivity index (χ3v) is 8.36. The number of aliphatic carboxylic acids is 1. The number of carbonyl (C=O) groups is 2. The van der Waals surface area contributed by atoms with Crippen molar-refractivity contribution in [1.82, 2.24) is 14.7 Å². The molecular weight excluding hydrogens is 478 g/mol. The van der Waals surface area contributed by atoms with Crippen molar-refractivity contribution in [1.29, 1.82) is 0 Å². The van der Waals surface area contributed by atoms with E-state index in [-0.39, 0.29) is 17.9 Å². The molecule has 2 heterocycles. The lowest BCUT2D eigenvalue weighted by Gasteiger charge is -2.31. The van der Waals surface area contributed by atoms with Crippen LogP contribution in [0.5, 0.6) is 5.75 Å². The highest BCUT2D eigenvalue weighted by molar-refractivity contribution is 5.79. The SMILES string of the molecule is CCCCN(CCCCN(C)C)C(=O)CN1CC(c2ccc3c(c2)CCO3)C(C(=O)O)C1CC(C)CCC. The molecule has 38 heavy (non-hydrogen) atoms. The smallest absolute Gasteiger partial charge is 0.308 e. The van der Waals surface area contributed by atoms with E-state index in [1.54, 1.807) is 0 Å². The number of hydrogen-bond donors (Lipinski definition) is 1. The Balaban J connectivity index is 1.81. The first-order chi connectivity index (χ1) is 18.2. The number of fused-ring (bicyclic) bond motifs is 1. The summed E-state index contributed by atoms with van der Waals surface area (Å²) in [6, 6.07) is 6.05. The van der Waals surface area contributed by atoms with Gasteiger partial charge < -0.3 is 19.6 Å². The van der Waals surface area contributed by atoms with Crippen molar-refractivity contribution in [3.63, 3.8) is 0 Å². The van der Waals surface area contributed by atoms with Crippen LogP contribution in [0.15, 0.2) is 18.2 Å². The molecule has 1 fully saturated rings. The van der Waals surface area contributed by atoms with E-state index in [4.69, 9.17) is 4.74 Å². The minimum atomic E-state index is -0.748. The zero-order chi connectivity index (χ0) is 27.7. The van der Waals surface area contributed by atoms with E-state index in [1.807, 2.05) is 17.0 Å². The van der Waals surface area contributed by atoms with Gasteiger partial charge in [-0.05, 0) is 69.4 Å². The minimum absolute atomic E-state index is 0.130. The third-order valence-electron chi connectivity index (χ3n) is 8.36. The van der Waals surface area contributed by atoms with Gasteiger partial charge in [-0.15, -0.1) is 0 Å². The lowest BCUT2D eigenvalue weighted by Crippen LogP contribution is -2.45. The van der Waals surface area contributed by atoms with Gasteiger partial charge in [0.25, 0.3) is 0 Å². The summed E-state index contributed by atoms with van der Waals surface area (Å²) in [5.74, 6) is 0.0739. The fourth-order valence-corrected chi connectivity index (χ4v) is 6.30. The highest BCUT2D eigenvalue weighted by Crippen LogP contribution is 2.42. The Morgan fingerprint density at radius 2 is 1.84 bits per heavy atom. The van der Waals surface area contributed by atoms with Gasteiger partial charge in [-0.2, -0.15) is 0 Å².